The molecule has 0 aromatic carbocycles. The molecule has 82 valence electrons. The molecule has 0 aliphatic carbocycles. The van der Waals surface area contributed by atoms with E-state index in [1.54, 1.807) is 18.9 Å². The van der Waals surface area contributed by atoms with Crippen molar-refractivity contribution in [3.8, 4) is 0 Å². The number of carbonyl (C=O) groups is 2. The van der Waals surface area contributed by atoms with Crippen molar-refractivity contribution in [1.29, 1.82) is 0 Å². The van der Waals surface area contributed by atoms with Crippen LogP contribution in [-0.4, -0.2) is 48.7 Å². The number of carboxylic acids is 1. The van der Waals surface area contributed by atoms with E-state index in [0.29, 0.717) is 26.1 Å². The SMILES string of the molecule is CCOC(=O)CCN(C)CCC(=O)O. The van der Waals surface area contributed by atoms with E-state index in [-0.39, 0.29) is 12.4 Å². The predicted molar refractivity (Wildman–Crippen MR) is 51.0 cm³/mol. The molecule has 0 fully saturated rings. The number of carbonyl (C=O) groups excluding carboxylic acids is 1. The molecule has 0 saturated heterocycles. The van der Waals surface area contributed by atoms with Crippen molar-refractivity contribution in [2.75, 3.05) is 26.7 Å². The average Bonchev–Trinajstić information content (AvgIpc) is 2.12. The van der Waals surface area contributed by atoms with Gasteiger partial charge in [-0.2, -0.15) is 0 Å². The van der Waals surface area contributed by atoms with E-state index in [2.05, 4.69) is 0 Å². The van der Waals surface area contributed by atoms with E-state index in [1.165, 1.54) is 0 Å². The fourth-order valence-corrected chi connectivity index (χ4v) is 0.914. The molecule has 0 spiro atoms. The van der Waals surface area contributed by atoms with E-state index >= 15 is 0 Å². The van der Waals surface area contributed by atoms with Crippen LogP contribution in [0.2, 0.25) is 0 Å². The molecule has 0 aliphatic heterocycles. The van der Waals surface area contributed by atoms with Gasteiger partial charge in [-0.1, -0.05) is 0 Å². The first kappa shape index (κ1) is 12.9. The summed E-state index contributed by atoms with van der Waals surface area (Å²) in [7, 11) is 1.78. The van der Waals surface area contributed by atoms with Crippen LogP contribution in [0.25, 0.3) is 0 Å². The van der Waals surface area contributed by atoms with Gasteiger partial charge in [0.1, 0.15) is 0 Å². The van der Waals surface area contributed by atoms with Gasteiger partial charge in [-0.05, 0) is 14.0 Å². The lowest BCUT2D eigenvalue weighted by Crippen LogP contribution is -2.25. The smallest absolute Gasteiger partial charge is 0.307 e. The van der Waals surface area contributed by atoms with Crippen molar-refractivity contribution in [3.63, 3.8) is 0 Å². The van der Waals surface area contributed by atoms with Crippen LogP contribution in [0.3, 0.4) is 0 Å². The molecule has 0 bridgehead atoms. The molecular weight excluding hydrogens is 186 g/mol. The molecule has 0 saturated carbocycles. The Hall–Kier alpha value is -1.10. The van der Waals surface area contributed by atoms with Gasteiger partial charge < -0.3 is 14.7 Å². The van der Waals surface area contributed by atoms with Crippen LogP contribution >= 0.6 is 0 Å². The van der Waals surface area contributed by atoms with Crippen LogP contribution in [0.4, 0.5) is 0 Å². The number of ether oxygens (including phenoxy) is 1. The maximum atomic E-state index is 10.9. The Morgan fingerprint density at radius 1 is 1.29 bits per heavy atom. The van der Waals surface area contributed by atoms with Gasteiger partial charge >= 0.3 is 11.9 Å². The molecule has 0 rings (SSSR count). The zero-order valence-corrected chi connectivity index (χ0v) is 8.65. The summed E-state index contributed by atoms with van der Waals surface area (Å²) in [5.74, 6) is -1.07. The van der Waals surface area contributed by atoms with Crippen LogP contribution in [-0.2, 0) is 14.3 Å². The fourth-order valence-electron chi connectivity index (χ4n) is 0.914. The molecule has 14 heavy (non-hydrogen) atoms. The Balaban J connectivity index is 3.48. The van der Waals surface area contributed by atoms with Gasteiger partial charge in [-0.3, -0.25) is 9.59 Å². The van der Waals surface area contributed by atoms with E-state index in [4.69, 9.17) is 9.84 Å². The first-order valence-electron chi connectivity index (χ1n) is 4.62. The number of nitrogens with zero attached hydrogens (tertiary/aromatic N) is 1. The van der Waals surface area contributed by atoms with Crippen LogP contribution in [0.15, 0.2) is 0 Å². The minimum atomic E-state index is -0.826. The highest BCUT2D eigenvalue weighted by molar-refractivity contribution is 5.69. The van der Waals surface area contributed by atoms with Gasteiger partial charge in [-0.15, -0.1) is 0 Å². The Kier molecular flexibility index (Phi) is 6.74. The average molecular weight is 203 g/mol. The minimum absolute atomic E-state index is 0.0966. The highest BCUT2D eigenvalue weighted by Crippen LogP contribution is 1.92. The van der Waals surface area contributed by atoms with Crippen LogP contribution in [0, 0.1) is 0 Å². The topological polar surface area (TPSA) is 66.8 Å². The van der Waals surface area contributed by atoms with Gasteiger partial charge in [0, 0.05) is 13.1 Å². The van der Waals surface area contributed by atoms with Gasteiger partial charge in [0.15, 0.2) is 0 Å². The highest BCUT2D eigenvalue weighted by atomic mass is 16.5. The number of hydrogen-bond donors (Lipinski definition) is 1. The monoisotopic (exact) mass is 203 g/mol. The molecule has 0 aliphatic rings. The summed E-state index contributed by atoms with van der Waals surface area (Å²) >= 11 is 0. The third kappa shape index (κ3) is 7.54. The first-order chi connectivity index (χ1) is 6.56. The number of esters is 1. The number of carboxylic acid groups (broad SMARTS) is 1. The lowest BCUT2D eigenvalue weighted by atomic mass is 10.3. The molecule has 5 nitrogen and oxygen atoms in total. The van der Waals surface area contributed by atoms with Crippen LogP contribution in [0.5, 0.6) is 0 Å². The van der Waals surface area contributed by atoms with Crippen molar-refractivity contribution >= 4 is 11.9 Å². The van der Waals surface area contributed by atoms with Gasteiger partial charge in [0.05, 0.1) is 19.4 Å². The Morgan fingerprint density at radius 2 is 1.86 bits per heavy atom. The van der Waals surface area contributed by atoms with E-state index in [1.807, 2.05) is 0 Å². The number of aliphatic carboxylic acids is 1. The summed E-state index contributed by atoms with van der Waals surface area (Å²) in [6.45, 7) is 3.13. The van der Waals surface area contributed by atoms with Crippen molar-refractivity contribution in [2.24, 2.45) is 0 Å². The summed E-state index contributed by atoms with van der Waals surface area (Å²) < 4.78 is 4.74. The van der Waals surface area contributed by atoms with E-state index in [0.717, 1.165) is 0 Å². The Bertz CT molecular complexity index is 193. The number of hydrogen-bond acceptors (Lipinski definition) is 4. The lowest BCUT2D eigenvalue weighted by Gasteiger charge is -2.14. The largest absolute Gasteiger partial charge is 0.481 e. The molecule has 0 heterocycles. The normalized spacial score (nSPS) is 10.2. The quantitative estimate of drug-likeness (QED) is 0.604. The van der Waals surface area contributed by atoms with Gasteiger partial charge in [0.2, 0.25) is 0 Å². The maximum absolute atomic E-state index is 10.9. The summed E-state index contributed by atoms with van der Waals surface area (Å²) in [5, 5.41) is 8.41. The zero-order valence-electron chi connectivity index (χ0n) is 8.65. The second-order valence-corrected chi connectivity index (χ2v) is 3.00. The van der Waals surface area contributed by atoms with Crippen molar-refractivity contribution < 1.29 is 19.4 Å². The summed E-state index contributed by atoms with van der Waals surface area (Å²) in [5.41, 5.74) is 0. The van der Waals surface area contributed by atoms with Crippen LogP contribution < -0.4 is 0 Å². The molecule has 0 aromatic rings. The van der Waals surface area contributed by atoms with Crippen molar-refractivity contribution in [1.82, 2.24) is 4.90 Å². The van der Waals surface area contributed by atoms with Crippen molar-refractivity contribution in [3.05, 3.63) is 0 Å². The Labute approximate surface area is 83.6 Å². The molecule has 0 aromatic heterocycles. The zero-order chi connectivity index (χ0) is 11.0. The molecule has 0 amide bonds. The minimum Gasteiger partial charge on any atom is -0.481 e. The summed E-state index contributed by atoms with van der Waals surface area (Å²) in [6.07, 6.45) is 0.406. The fraction of sp³-hybridized carbons (Fsp3) is 0.778. The van der Waals surface area contributed by atoms with Crippen LogP contribution in [0.1, 0.15) is 19.8 Å². The molecule has 0 radical (unpaired) electrons. The second-order valence-electron chi connectivity index (χ2n) is 3.00. The Morgan fingerprint density at radius 3 is 2.36 bits per heavy atom. The maximum Gasteiger partial charge on any atom is 0.307 e. The second kappa shape index (κ2) is 7.32. The molecule has 0 atom stereocenters. The third-order valence-electron chi connectivity index (χ3n) is 1.71. The molecule has 1 N–H and O–H groups in total. The van der Waals surface area contributed by atoms with Crippen molar-refractivity contribution in [2.45, 2.75) is 19.8 Å². The lowest BCUT2D eigenvalue weighted by molar-refractivity contribution is -0.143. The van der Waals surface area contributed by atoms with Gasteiger partial charge in [-0.25, -0.2) is 0 Å². The summed E-state index contributed by atoms with van der Waals surface area (Å²) in [4.78, 5) is 22.9. The standard InChI is InChI=1S/C9H17NO4/c1-3-14-9(13)5-7-10(2)6-4-8(11)12/h3-7H2,1-2H3,(H,11,12). The van der Waals surface area contributed by atoms with E-state index < -0.39 is 5.97 Å². The molecule has 5 heteroatoms. The van der Waals surface area contributed by atoms with E-state index in [9.17, 15) is 9.59 Å². The first-order valence-corrected chi connectivity index (χ1v) is 4.62. The molecular formula is C9H17NO4. The van der Waals surface area contributed by atoms with Gasteiger partial charge in [0.25, 0.3) is 0 Å². The number of rotatable bonds is 7. The third-order valence-corrected chi connectivity index (χ3v) is 1.71. The predicted octanol–water partition coefficient (Wildman–Crippen LogP) is 0.346. The molecule has 0 unspecified atom stereocenters. The highest BCUT2D eigenvalue weighted by Gasteiger charge is 2.06. The summed E-state index contributed by atoms with van der Waals surface area (Å²) in [6, 6.07) is 0.